The number of hydrogen-bond acceptors (Lipinski definition) is 6. The Morgan fingerprint density at radius 2 is 2.06 bits per heavy atom. The van der Waals surface area contributed by atoms with E-state index >= 15 is 0 Å². The zero-order chi connectivity index (χ0) is 13.0. The van der Waals surface area contributed by atoms with Crippen molar-refractivity contribution in [3.05, 3.63) is 42.1 Å². The number of rotatable bonds is 4. The second kappa shape index (κ2) is 5.37. The first-order chi connectivity index (χ1) is 8.70. The molecule has 0 saturated heterocycles. The van der Waals surface area contributed by atoms with E-state index in [9.17, 15) is 4.39 Å². The monoisotopic (exact) mass is 248 g/mol. The molecule has 0 amide bonds. The minimum atomic E-state index is -0.532. The van der Waals surface area contributed by atoms with Crippen molar-refractivity contribution in [2.45, 2.75) is 13.0 Å². The molecule has 0 spiro atoms. The van der Waals surface area contributed by atoms with Crippen LogP contribution in [-0.2, 0) is 0 Å². The van der Waals surface area contributed by atoms with Gasteiger partial charge in [-0.1, -0.05) is 0 Å². The Kier molecular flexibility index (Phi) is 3.63. The van der Waals surface area contributed by atoms with Gasteiger partial charge in [0.25, 0.3) is 0 Å². The summed E-state index contributed by atoms with van der Waals surface area (Å²) in [5.74, 6) is 4.90. The maximum absolute atomic E-state index is 13.5. The van der Waals surface area contributed by atoms with Gasteiger partial charge >= 0.3 is 0 Å². The van der Waals surface area contributed by atoms with E-state index in [1.54, 1.807) is 12.4 Å². The molecule has 0 aromatic carbocycles. The van der Waals surface area contributed by atoms with Crippen molar-refractivity contribution in [1.82, 2.24) is 15.0 Å². The molecule has 2 rings (SSSR count). The molecule has 6 nitrogen and oxygen atoms in total. The van der Waals surface area contributed by atoms with Crippen LogP contribution in [0.4, 0.5) is 16.2 Å². The molecule has 94 valence electrons. The van der Waals surface area contributed by atoms with Gasteiger partial charge < -0.3 is 5.32 Å². The molecule has 0 aliphatic heterocycles. The van der Waals surface area contributed by atoms with Crippen molar-refractivity contribution in [1.29, 1.82) is 0 Å². The number of nitrogens with two attached hydrogens (primary N) is 1. The molecule has 0 aliphatic rings. The Bertz CT molecular complexity index is 518. The Balaban J connectivity index is 2.18. The van der Waals surface area contributed by atoms with Crippen LogP contribution < -0.4 is 16.6 Å². The number of anilines is 2. The Labute approximate surface area is 103 Å². The van der Waals surface area contributed by atoms with Crippen molar-refractivity contribution >= 4 is 11.8 Å². The van der Waals surface area contributed by atoms with Gasteiger partial charge in [0.15, 0.2) is 11.6 Å². The standard InChI is InChI=1S/C11H13FN6/c1-7(8-2-4-14-5-3-8)16-10-9(12)6-15-11(17-10)18-13/h2-7H,13H2,1H3,(H2,15,16,17,18). The van der Waals surface area contributed by atoms with Crippen LogP contribution in [0.5, 0.6) is 0 Å². The fourth-order valence-electron chi connectivity index (χ4n) is 1.48. The molecule has 7 heteroatoms. The summed E-state index contributed by atoms with van der Waals surface area (Å²) in [6.07, 6.45) is 4.41. The van der Waals surface area contributed by atoms with Gasteiger partial charge in [0.1, 0.15) is 0 Å². The highest BCUT2D eigenvalue weighted by Gasteiger charge is 2.11. The van der Waals surface area contributed by atoms with Crippen LogP contribution in [0.15, 0.2) is 30.7 Å². The molecule has 0 saturated carbocycles. The van der Waals surface area contributed by atoms with Crippen LogP contribution in [-0.4, -0.2) is 15.0 Å². The molecule has 1 atom stereocenters. The molecule has 2 heterocycles. The minimum Gasteiger partial charge on any atom is -0.361 e. The number of aromatic nitrogens is 3. The molecule has 1 unspecified atom stereocenters. The molecule has 18 heavy (non-hydrogen) atoms. The van der Waals surface area contributed by atoms with Gasteiger partial charge in [-0.05, 0) is 24.6 Å². The highest BCUT2D eigenvalue weighted by molar-refractivity contribution is 5.42. The van der Waals surface area contributed by atoms with Gasteiger partial charge in [-0.25, -0.2) is 15.2 Å². The second-order valence-corrected chi connectivity index (χ2v) is 3.68. The molecule has 4 N–H and O–H groups in total. The van der Waals surface area contributed by atoms with Crippen LogP contribution in [0.2, 0.25) is 0 Å². The van der Waals surface area contributed by atoms with Gasteiger partial charge in [0.05, 0.1) is 12.2 Å². The summed E-state index contributed by atoms with van der Waals surface area (Å²) < 4.78 is 13.5. The number of hydrogen-bond donors (Lipinski definition) is 3. The zero-order valence-corrected chi connectivity index (χ0v) is 9.76. The van der Waals surface area contributed by atoms with E-state index in [1.165, 1.54) is 0 Å². The largest absolute Gasteiger partial charge is 0.361 e. The number of hydrazine groups is 1. The molecule has 0 aliphatic carbocycles. The minimum absolute atomic E-state index is 0.0993. The normalized spacial score (nSPS) is 11.9. The maximum Gasteiger partial charge on any atom is 0.239 e. The predicted octanol–water partition coefficient (Wildman–Crippen LogP) is 1.47. The second-order valence-electron chi connectivity index (χ2n) is 3.68. The third-order valence-corrected chi connectivity index (χ3v) is 2.43. The van der Waals surface area contributed by atoms with Crippen molar-refractivity contribution in [2.75, 3.05) is 10.7 Å². The van der Waals surface area contributed by atoms with Crippen molar-refractivity contribution in [3.8, 4) is 0 Å². The van der Waals surface area contributed by atoms with Crippen molar-refractivity contribution in [3.63, 3.8) is 0 Å². The van der Waals surface area contributed by atoms with Crippen molar-refractivity contribution in [2.24, 2.45) is 5.84 Å². The number of nitrogen functional groups attached to an aromatic ring is 1. The summed E-state index contributed by atoms with van der Waals surface area (Å²) in [7, 11) is 0. The molecular formula is C11H13FN6. The fraction of sp³-hybridized carbons (Fsp3) is 0.182. The lowest BCUT2D eigenvalue weighted by atomic mass is 10.1. The maximum atomic E-state index is 13.5. The van der Waals surface area contributed by atoms with E-state index in [0.29, 0.717) is 0 Å². The van der Waals surface area contributed by atoms with E-state index in [2.05, 4.69) is 25.7 Å². The lowest BCUT2D eigenvalue weighted by molar-refractivity contribution is 0.614. The lowest BCUT2D eigenvalue weighted by Gasteiger charge is -2.15. The van der Waals surface area contributed by atoms with E-state index in [-0.39, 0.29) is 17.8 Å². The molecule has 2 aromatic rings. The van der Waals surface area contributed by atoms with Crippen LogP contribution in [0.25, 0.3) is 0 Å². The lowest BCUT2D eigenvalue weighted by Crippen LogP contribution is -2.14. The van der Waals surface area contributed by atoms with E-state index in [0.717, 1.165) is 11.8 Å². The average molecular weight is 248 g/mol. The third-order valence-electron chi connectivity index (χ3n) is 2.43. The summed E-state index contributed by atoms with van der Waals surface area (Å²) in [4.78, 5) is 11.5. The summed E-state index contributed by atoms with van der Waals surface area (Å²) in [6, 6.07) is 3.58. The van der Waals surface area contributed by atoms with E-state index < -0.39 is 5.82 Å². The van der Waals surface area contributed by atoms with Gasteiger partial charge in [-0.15, -0.1) is 0 Å². The van der Waals surface area contributed by atoms with Gasteiger partial charge in [-0.3, -0.25) is 10.4 Å². The number of halogens is 1. The summed E-state index contributed by atoms with van der Waals surface area (Å²) in [5.41, 5.74) is 3.25. The van der Waals surface area contributed by atoms with E-state index in [4.69, 9.17) is 5.84 Å². The zero-order valence-electron chi connectivity index (χ0n) is 9.76. The van der Waals surface area contributed by atoms with Crippen LogP contribution in [0.3, 0.4) is 0 Å². The molecular weight excluding hydrogens is 235 g/mol. The molecule has 0 fully saturated rings. The van der Waals surface area contributed by atoms with Crippen LogP contribution in [0.1, 0.15) is 18.5 Å². The predicted molar refractivity (Wildman–Crippen MR) is 66.1 cm³/mol. The third kappa shape index (κ3) is 2.69. The number of nitrogens with one attached hydrogen (secondary N) is 2. The Morgan fingerprint density at radius 1 is 1.33 bits per heavy atom. The fourth-order valence-corrected chi connectivity index (χ4v) is 1.48. The molecule has 2 aromatic heterocycles. The first-order valence-electron chi connectivity index (χ1n) is 5.36. The Morgan fingerprint density at radius 3 is 2.72 bits per heavy atom. The van der Waals surface area contributed by atoms with Crippen molar-refractivity contribution < 1.29 is 4.39 Å². The van der Waals surface area contributed by atoms with Gasteiger partial charge in [-0.2, -0.15) is 4.98 Å². The van der Waals surface area contributed by atoms with E-state index in [1.807, 2.05) is 19.1 Å². The average Bonchev–Trinajstić information content (AvgIpc) is 2.42. The topological polar surface area (TPSA) is 88.8 Å². The highest BCUT2D eigenvalue weighted by atomic mass is 19.1. The smallest absolute Gasteiger partial charge is 0.239 e. The number of nitrogens with zero attached hydrogens (tertiary/aromatic N) is 3. The number of pyridine rings is 1. The highest BCUT2D eigenvalue weighted by Crippen LogP contribution is 2.19. The first kappa shape index (κ1) is 12.2. The van der Waals surface area contributed by atoms with Crippen LogP contribution in [0, 0.1) is 5.82 Å². The summed E-state index contributed by atoms with van der Waals surface area (Å²) >= 11 is 0. The Hall–Kier alpha value is -2.28. The summed E-state index contributed by atoms with van der Waals surface area (Å²) in [5, 5.41) is 2.95. The van der Waals surface area contributed by atoms with Gasteiger partial charge in [0, 0.05) is 12.4 Å². The molecule has 0 radical (unpaired) electrons. The van der Waals surface area contributed by atoms with Gasteiger partial charge in [0.2, 0.25) is 5.95 Å². The first-order valence-corrected chi connectivity index (χ1v) is 5.36. The quantitative estimate of drug-likeness (QED) is 0.561. The summed E-state index contributed by atoms with van der Waals surface area (Å²) in [6.45, 7) is 1.90. The van der Waals surface area contributed by atoms with Crippen LogP contribution >= 0.6 is 0 Å². The SMILES string of the molecule is CC(Nc1nc(NN)ncc1F)c1ccncc1. The molecule has 0 bridgehead atoms.